The molecule has 0 aromatic rings. The van der Waals surface area contributed by atoms with Gasteiger partial charge < -0.3 is 11.1 Å². The highest BCUT2D eigenvalue weighted by Gasteiger charge is 2.29. The molecule has 0 saturated carbocycles. The Hall–Kier alpha value is -0.410. The van der Waals surface area contributed by atoms with Gasteiger partial charge in [-0.25, -0.2) is 0 Å². The van der Waals surface area contributed by atoms with Gasteiger partial charge in [-0.2, -0.15) is 0 Å². The highest BCUT2D eigenvalue weighted by Crippen LogP contribution is 2.25. The lowest BCUT2D eigenvalue weighted by molar-refractivity contribution is -0.128. The third-order valence-electron chi connectivity index (χ3n) is 2.98. The van der Waals surface area contributed by atoms with Crippen LogP contribution in [0.15, 0.2) is 0 Å². The number of hydrogen-bond donors (Lipinski definition) is 2. The van der Waals surface area contributed by atoms with E-state index in [0.717, 1.165) is 12.8 Å². The van der Waals surface area contributed by atoms with Gasteiger partial charge in [0.1, 0.15) is 5.78 Å². The molecule has 0 aliphatic carbocycles. The summed E-state index contributed by atoms with van der Waals surface area (Å²) in [7, 11) is 0. The standard InChI is InChI=1S/C14H30N2O/c1-7-8-14(5,6)12(17)9-11(10-15)16-13(2,3)4/h11,16H,7-10,15H2,1-6H3. The van der Waals surface area contributed by atoms with E-state index in [2.05, 4.69) is 33.0 Å². The molecular formula is C14H30N2O. The lowest BCUT2D eigenvalue weighted by atomic mass is 9.81. The molecule has 0 heterocycles. The summed E-state index contributed by atoms with van der Waals surface area (Å²) in [6, 6.07) is 0.0821. The first-order chi connectivity index (χ1) is 7.62. The summed E-state index contributed by atoms with van der Waals surface area (Å²) in [6.07, 6.45) is 2.51. The highest BCUT2D eigenvalue weighted by atomic mass is 16.1. The average molecular weight is 242 g/mol. The van der Waals surface area contributed by atoms with Crippen molar-refractivity contribution in [2.45, 2.75) is 72.4 Å². The zero-order valence-corrected chi connectivity index (χ0v) is 12.4. The van der Waals surface area contributed by atoms with Crippen LogP contribution in [0.2, 0.25) is 0 Å². The second-order valence-corrected chi connectivity index (χ2v) is 6.59. The van der Waals surface area contributed by atoms with Crippen molar-refractivity contribution in [3.63, 3.8) is 0 Å². The van der Waals surface area contributed by atoms with Gasteiger partial charge in [0.15, 0.2) is 0 Å². The molecule has 0 aliphatic heterocycles. The first-order valence-electron chi connectivity index (χ1n) is 6.63. The van der Waals surface area contributed by atoms with Crippen LogP contribution in [-0.2, 0) is 4.79 Å². The number of hydrogen-bond acceptors (Lipinski definition) is 3. The Labute approximate surface area is 107 Å². The Morgan fingerprint density at radius 3 is 2.12 bits per heavy atom. The molecule has 0 aromatic heterocycles. The molecule has 0 fully saturated rings. The van der Waals surface area contributed by atoms with Crippen molar-refractivity contribution in [2.75, 3.05) is 6.54 Å². The summed E-state index contributed by atoms with van der Waals surface area (Å²) in [5.74, 6) is 0.312. The van der Waals surface area contributed by atoms with E-state index in [4.69, 9.17) is 5.73 Å². The Morgan fingerprint density at radius 1 is 1.24 bits per heavy atom. The number of nitrogens with one attached hydrogen (secondary N) is 1. The van der Waals surface area contributed by atoms with Gasteiger partial charge in [0, 0.05) is 30.0 Å². The monoisotopic (exact) mass is 242 g/mol. The average Bonchev–Trinajstić information content (AvgIpc) is 2.14. The van der Waals surface area contributed by atoms with Crippen molar-refractivity contribution in [2.24, 2.45) is 11.1 Å². The molecular weight excluding hydrogens is 212 g/mol. The second kappa shape index (κ2) is 6.50. The number of rotatable bonds is 7. The smallest absolute Gasteiger partial charge is 0.140 e. The number of Topliss-reactive ketones (excluding diaryl/α,β-unsaturated/α-hetero) is 1. The quantitative estimate of drug-likeness (QED) is 0.721. The SMILES string of the molecule is CCCC(C)(C)C(=O)CC(CN)NC(C)(C)C. The fourth-order valence-electron chi connectivity index (χ4n) is 2.07. The lowest BCUT2D eigenvalue weighted by Crippen LogP contribution is -2.49. The van der Waals surface area contributed by atoms with Crippen molar-refractivity contribution in [3.05, 3.63) is 0 Å². The van der Waals surface area contributed by atoms with Gasteiger partial charge in [-0.3, -0.25) is 4.79 Å². The van der Waals surface area contributed by atoms with E-state index < -0.39 is 0 Å². The van der Waals surface area contributed by atoms with E-state index in [1.54, 1.807) is 0 Å². The molecule has 1 unspecified atom stereocenters. The number of ketones is 1. The van der Waals surface area contributed by atoms with Crippen LogP contribution < -0.4 is 11.1 Å². The number of carbonyl (C=O) groups is 1. The van der Waals surface area contributed by atoms with Crippen LogP contribution in [-0.4, -0.2) is 23.9 Å². The van der Waals surface area contributed by atoms with Crippen molar-refractivity contribution < 1.29 is 4.79 Å². The van der Waals surface area contributed by atoms with Crippen LogP contribution in [0.1, 0.15) is 60.8 Å². The summed E-state index contributed by atoms with van der Waals surface area (Å²) in [6.45, 7) is 13.0. The molecule has 1 atom stereocenters. The summed E-state index contributed by atoms with van der Waals surface area (Å²) >= 11 is 0. The van der Waals surface area contributed by atoms with Crippen LogP contribution >= 0.6 is 0 Å². The van der Waals surface area contributed by atoms with Gasteiger partial charge in [-0.15, -0.1) is 0 Å². The third-order valence-corrected chi connectivity index (χ3v) is 2.98. The van der Waals surface area contributed by atoms with Crippen molar-refractivity contribution in [1.29, 1.82) is 0 Å². The van der Waals surface area contributed by atoms with Crippen LogP contribution in [0.4, 0.5) is 0 Å². The van der Waals surface area contributed by atoms with Crippen molar-refractivity contribution in [3.8, 4) is 0 Å². The minimum absolute atomic E-state index is 0.000778. The summed E-state index contributed by atoms with van der Waals surface area (Å²) in [5, 5.41) is 3.41. The minimum atomic E-state index is -0.221. The molecule has 3 heteroatoms. The predicted molar refractivity (Wildman–Crippen MR) is 74.0 cm³/mol. The van der Waals surface area contributed by atoms with Gasteiger partial charge in [0.05, 0.1) is 0 Å². The first kappa shape index (κ1) is 16.6. The Morgan fingerprint density at radius 2 is 1.76 bits per heavy atom. The van der Waals surface area contributed by atoms with Crippen LogP contribution in [0.5, 0.6) is 0 Å². The molecule has 0 spiro atoms. The Kier molecular flexibility index (Phi) is 6.35. The number of nitrogens with two attached hydrogens (primary N) is 1. The van der Waals surface area contributed by atoms with Gasteiger partial charge in [0.25, 0.3) is 0 Å². The third kappa shape index (κ3) is 6.79. The van der Waals surface area contributed by atoms with E-state index in [9.17, 15) is 4.79 Å². The Bertz CT molecular complexity index is 241. The maximum absolute atomic E-state index is 12.2. The van der Waals surface area contributed by atoms with E-state index in [-0.39, 0.29) is 17.0 Å². The first-order valence-corrected chi connectivity index (χ1v) is 6.63. The molecule has 17 heavy (non-hydrogen) atoms. The van der Waals surface area contributed by atoms with Crippen molar-refractivity contribution in [1.82, 2.24) is 5.32 Å². The van der Waals surface area contributed by atoms with E-state index in [1.807, 2.05) is 13.8 Å². The van der Waals surface area contributed by atoms with Crippen molar-refractivity contribution >= 4 is 5.78 Å². The van der Waals surface area contributed by atoms with E-state index in [1.165, 1.54) is 0 Å². The van der Waals surface area contributed by atoms with Crippen LogP contribution in [0.3, 0.4) is 0 Å². The molecule has 102 valence electrons. The maximum atomic E-state index is 12.2. The fraction of sp³-hybridized carbons (Fsp3) is 0.929. The lowest BCUT2D eigenvalue weighted by Gasteiger charge is -2.30. The van der Waals surface area contributed by atoms with Gasteiger partial charge in [-0.1, -0.05) is 27.2 Å². The molecule has 0 bridgehead atoms. The molecule has 0 radical (unpaired) electrons. The van der Waals surface area contributed by atoms with E-state index in [0.29, 0.717) is 18.7 Å². The summed E-state index contributed by atoms with van der Waals surface area (Å²) in [4.78, 5) is 12.2. The zero-order chi connectivity index (χ0) is 13.7. The topological polar surface area (TPSA) is 55.1 Å². The second-order valence-electron chi connectivity index (χ2n) is 6.59. The van der Waals surface area contributed by atoms with Gasteiger partial charge in [-0.05, 0) is 27.2 Å². The molecule has 0 amide bonds. The summed E-state index contributed by atoms with van der Waals surface area (Å²) in [5.41, 5.74) is 5.51. The molecule has 3 nitrogen and oxygen atoms in total. The Balaban J connectivity index is 4.43. The normalized spacial score (nSPS) is 14.8. The molecule has 0 aromatic carbocycles. The highest BCUT2D eigenvalue weighted by molar-refractivity contribution is 5.84. The fourth-order valence-corrected chi connectivity index (χ4v) is 2.07. The largest absolute Gasteiger partial charge is 0.329 e. The minimum Gasteiger partial charge on any atom is -0.329 e. The van der Waals surface area contributed by atoms with Gasteiger partial charge in [0.2, 0.25) is 0 Å². The van der Waals surface area contributed by atoms with Crippen LogP contribution in [0.25, 0.3) is 0 Å². The summed E-state index contributed by atoms with van der Waals surface area (Å²) < 4.78 is 0. The molecule has 0 aliphatic rings. The zero-order valence-electron chi connectivity index (χ0n) is 12.4. The van der Waals surface area contributed by atoms with E-state index >= 15 is 0 Å². The number of carbonyl (C=O) groups excluding carboxylic acids is 1. The van der Waals surface area contributed by atoms with Crippen LogP contribution in [0, 0.1) is 5.41 Å². The molecule has 0 saturated heterocycles. The molecule has 0 rings (SSSR count). The predicted octanol–water partition coefficient (Wildman–Crippen LogP) is 2.49. The molecule has 3 N–H and O–H groups in total. The van der Waals surface area contributed by atoms with Gasteiger partial charge >= 0.3 is 0 Å². The maximum Gasteiger partial charge on any atom is 0.140 e.